The Hall–Kier alpha value is -1.59. The number of likely N-dealkylation sites (N-methyl/N-ethyl adjacent to an activating group) is 1. The van der Waals surface area contributed by atoms with Gasteiger partial charge in [0.2, 0.25) is 5.91 Å². The average Bonchev–Trinajstić information content (AvgIpc) is 3.25. The minimum atomic E-state index is -0.550. The minimum Gasteiger partial charge on any atom is -0.508 e. The molecule has 1 saturated carbocycles. The van der Waals surface area contributed by atoms with Crippen molar-refractivity contribution < 1.29 is 9.90 Å². The van der Waals surface area contributed by atoms with E-state index in [0.29, 0.717) is 19.0 Å². The van der Waals surface area contributed by atoms with Gasteiger partial charge >= 0.3 is 0 Å². The maximum absolute atomic E-state index is 11.9. The van der Waals surface area contributed by atoms with Crippen molar-refractivity contribution in [1.82, 2.24) is 10.2 Å². The monoisotopic (exact) mass is 277 g/mol. The molecule has 0 spiro atoms. The fraction of sp³-hybridized carbons (Fsp3) is 0.533. The fourth-order valence-corrected chi connectivity index (χ4v) is 2.16. The van der Waals surface area contributed by atoms with E-state index in [9.17, 15) is 9.90 Å². The smallest absolute Gasteiger partial charge is 0.237 e. The van der Waals surface area contributed by atoms with Crippen LogP contribution in [0.25, 0.3) is 0 Å². The van der Waals surface area contributed by atoms with Gasteiger partial charge in [-0.05, 0) is 44.0 Å². The molecule has 2 rings (SSSR count). The normalized spacial score (nSPS) is 16.1. The number of nitrogens with two attached hydrogens (primary N) is 1. The lowest BCUT2D eigenvalue weighted by Crippen LogP contribution is -2.44. The first-order valence-corrected chi connectivity index (χ1v) is 7.07. The van der Waals surface area contributed by atoms with Gasteiger partial charge in [0.05, 0.1) is 6.04 Å². The summed E-state index contributed by atoms with van der Waals surface area (Å²) in [5.74, 6) is 0.0946. The van der Waals surface area contributed by atoms with E-state index < -0.39 is 6.04 Å². The molecule has 1 aliphatic carbocycles. The molecule has 0 heterocycles. The number of amides is 1. The highest BCUT2D eigenvalue weighted by molar-refractivity contribution is 5.81. The van der Waals surface area contributed by atoms with Crippen LogP contribution in [0.4, 0.5) is 0 Å². The zero-order valence-electron chi connectivity index (χ0n) is 11.9. The number of nitrogens with zero attached hydrogens (tertiary/aromatic N) is 1. The topological polar surface area (TPSA) is 78.6 Å². The van der Waals surface area contributed by atoms with Crippen LogP contribution in [0, 0.1) is 0 Å². The first-order chi connectivity index (χ1) is 9.56. The molecule has 0 aromatic heterocycles. The molecule has 0 bridgehead atoms. The number of hydrogen-bond acceptors (Lipinski definition) is 4. The van der Waals surface area contributed by atoms with E-state index in [1.807, 2.05) is 0 Å². The van der Waals surface area contributed by atoms with Gasteiger partial charge in [-0.1, -0.05) is 12.1 Å². The van der Waals surface area contributed by atoms with Crippen molar-refractivity contribution in [3.05, 3.63) is 29.8 Å². The molecule has 1 fully saturated rings. The molecule has 1 aromatic rings. The maximum Gasteiger partial charge on any atom is 0.237 e. The van der Waals surface area contributed by atoms with Crippen molar-refractivity contribution in [3.8, 4) is 5.75 Å². The molecule has 4 N–H and O–H groups in total. The Morgan fingerprint density at radius 2 is 2.10 bits per heavy atom. The summed E-state index contributed by atoms with van der Waals surface area (Å²) in [6, 6.07) is 6.92. The van der Waals surface area contributed by atoms with Crippen molar-refractivity contribution in [3.63, 3.8) is 0 Å². The minimum absolute atomic E-state index is 0.123. The number of phenols is 1. The van der Waals surface area contributed by atoms with Crippen LogP contribution < -0.4 is 11.1 Å². The molecule has 1 aliphatic rings. The summed E-state index contributed by atoms with van der Waals surface area (Å²) < 4.78 is 0. The van der Waals surface area contributed by atoms with Crippen molar-refractivity contribution >= 4 is 5.91 Å². The van der Waals surface area contributed by atoms with Gasteiger partial charge in [-0.15, -0.1) is 0 Å². The zero-order chi connectivity index (χ0) is 14.5. The lowest BCUT2D eigenvalue weighted by Gasteiger charge is -2.17. The summed E-state index contributed by atoms with van der Waals surface area (Å²) in [6.45, 7) is 1.50. The van der Waals surface area contributed by atoms with Crippen LogP contribution in [0.2, 0.25) is 0 Å². The molecule has 0 saturated heterocycles. The van der Waals surface area contributed by atoms with Crippen molar-refractivity contribution in [2.45, 2.75) is 31.3 Å². The molecule has 1 unspecified atom stereocenters. The largest absolute Gasteiger partial charge is 0.508 e. The van der Waals surface area contributed by atoms with E-state index in [4.69, 9.17) is 5.73 Å². The van der Waals surface area contributed by atoms with Gasteiger partial charge in [0, 0.05) is 19.1 Å². The molecule has 0 radical (unpaired) electrons. The highest BCUT2D eigenvalue weighted by Crippen LogP contribution is 2.24. The van der Waals surface area contributed by atoms with Gasteiger partial charge < -0.3 is 21.1 Å². The van der Waals surface area contributed by atoms with Gasteiger partial charge in [0.25, 0.3) is 0 Å². The molecule has 110 valence electrons. The number of aromatic hydroxyl groups is 1. The Bertz CT molecular complexity index is 443. The number of rotatable bonds is 7. The third kappa shape index (κ3) is 4.51. The molecule has 5 nitrogen and oxygen atoms in total. The summed E-state index contributed by atoms with van der Waals surface area (Å²) in [4.78, 5) is 14.1. The number of carbonyl (C=O) groups excluding carboxylic acids is 1. The van der Waals surface area contributed by atoms with Crippen LogP contribution in [-0.4, -0.2) is 48.1 Å². The predicted octanol–water partition coefficient (Wildman–Crippen LogP) is 0.472. The maximum atomic E-state index is 11.9. The standard InChI is InChI=1S/C15H23N3O2/c1-18(12-4-5-12)9-8-17-15(20)14(16)10-11-2-6-13(19)7-3-11/h2-3,6-7,12,14,19H,4-5,8-10,16H2,1H3,(H,17,20). The second-order valence-corrected chi connectivity index (χ2v) is 5.48. The number of hydrogen-bond donors (Lipinski definition) is 3. The molecule has 0 aliphatic heterocycles. The van der Waals surface area contributed by atoms with Crippen LogP contribution in [0.3, 0.4) is 0 Å². The highest BCUT2D eigenvalue weighted by Gasteiger charge is 2.25. The van der Waals surface area contributed by atoms with Crippen LogP contribution in [0.15, 0.2) is 24.3 Å². The van der Waals surface area contributed by atoms with Crippen molar-refractivity contribution in [2.24, 2.45) is 5.73 Å². The first kappa shape index (κ1) is 14.8. The lowest BCUT2D eigenvalue weighted by atomic mass is 10.1. The highest BCUT2D eigenvalue weighted by atomic mass is 16.3. The van der Waals surface area contributed by atoms with Crippen LogP contribution in [-0.2, 0) is 11.2 Å². The number of nitrogens with one attached hydrogen (secondary N) is 1. The van der Waals surface area contributed by atoms with Crippen molar-refractivity contribution in [2.75, 3.05) is 20.1 Å². The Labute approximate surface area is 119 Å². The molecule has 1 aromatic carbocycles. The molecule has 1 atom stereocenters. The van der Waals surface area contributed by atoms with E-state index in [0.717, 1.165) is 12.1 Å². The predicted molar refractivity (Wildman–Crippen MR) is 78.4 cm³/mol. The fourth-order valence-electron chi connectivity index (χ4n) is 2.16. The van der Waals surface area contributed by atoms with Crippen LogP contribution in [0.5, 0.6) is 5.75 Å². The van der Waals surface area contributed by atoms with E-state index in [2.05, 4.69) is 17.3 Å². The third-order valence-corrected chi connectivity index (χ3v) is 3.66. The van der Waals surface area contributed by atoms with Gasteiger partial charge in [-0.25, -0.2) is 0 Å². The molecule has 20 heavy (non-hydrogen) atoms. The summed E-state index contributed by atoms with van der Waals surface area (Å²) in [5.41, 5.74) is 6.83. The first-order valence-electron chi connectivity index (χ1n) is 7.07. The number of phenolic OH excluding ortho intramolecular Hbond substituents is 1. The summed E-state index contributed by atoms with van der Waals surface area (Å²) >= 11 is 0. The van der Waals surface area contributed by atoms with E-state index in [1.165, 1.54) is 12.8 Å². The third-order valence-electron chi connectivity index (χ3n) is 3.66. The Morgan fingerprint density at radius 3 is 2.70 bits per heavy atom. The van der Waals surface area contributed by atoms with Gasteiger partial charge in [-0.3, -0.25) is 4.79 Å². The van der Waals surface area contributed by atoms with Crippen LogP contribution >= 0.6 is 0 Å². The van der Waals surface area contributed by atoms with Gasteiger partial charge in [0.1, 0.15) is 5.75 Å². The van der Waals surface area contributed by atoms with E-state index in [1.54, 1.807) is 24.3 Å². The Balaban J connectivity index is 1.69. The molecular weight excluding hydrogens is 254 g/mol. The number of carbonyl (C=O) groups is 1. The van der Waals surface area contributed by atoms with Gasteiger partial charge in [0.15, 0.2) is 0 Å². The van der Waals surface area contributed by atoms with Crippen LogP contribution in [0.1, 0.15) is 18.4 Å². The zero-order valence-corrected chi connectivity index (χ0v) is 11.9. The average molecular weight is 277 g/mol. The lowest BCUT2D eigenvalue weighted by molar-refractivity contribution is -0.122. The second kappa shape index (κ2) is 6.72. The summed E-state index contributed by atoms with van der Waals surface area (Å²) in [7, 11) is 2.08. The summed E-state index contributed by atoms with van der Waals surface area (Å²) in [6.07, 6.45) is 3.01. The quantitative estimate of drug-likeness (QED) is 0.677. The SMILES string of the molecule is CN(CCNC(=O)C(N)Cc1ccc(O)cc1)C1CC1. The Morgan fingerprint density at radius 1 is 1.45 bits per heavy atom. The molecule has 1 amide bonds. The Kier molecular flexibility index (Phi) is 4.98. The molecular formula is C15H23N3O2. The van der Waals surface area contributed by atoms with Gasteiger partial charge in [-0.2, -0.15) is 0 Å². The van der Waals surface area contributed by atoms with E-state index in [-0.39, 0.29) is 11.7 Å². The van der Waals surface area contributed by atoms with Crippen molar-refractivity contribution in [1.29, 1.82) is 0 Å². The second-order valence-electron chi connectivity index (χ2n) is 5.48. The number of benzene rings is 1. The molecule has 5 heteroatoms. The summed E-state index contributed by atoms with van der Waals surface area (Å²) in [5, 5.41) is 12.1. The van der Waals surface area contributed by atoms with E-state index >= 15 is 0 Å².